The van der Waals surface area contributed by atoms with Crippen molar-refractivity contribution >= 4 is 17.8 Å². The number of primary amides is 1. The second-order valence-corrected chi connectivity index (χ2v) is 7.59. The maximum absolute atomic E-state index is 12.6. The molecule has 8 heteroatoms. The lowest BCUT2D eigenvalue weighted by molar-refractivity contribution is -0.127. The number of pyridine rings is 1. The van der Waals surface area contributed by atoms with Crippen LogP contribution < -0.4 is 10.5 Å². The van der Waals surface area contributed by atoms with Crippen LogP contribution in [0.1, 0.15) is 49.9 Å². The molecule has 146 valence electrons. The van der Waals surface area contributed by atoms with Gasteiger partial charge >= 0.3 is 6.03 Å². The average Bonchev–Trinajstić information content (AvgIpc) is 2.89. The van der Waals surface area contributed by atoms with Crippen molar-refractivity contribution in [3.63, 3.8) is 0 Å². The molecule has 0 aromatic carbocycles. The molecule has 4 amide bonds. The van der Waals surface area contributed by atoms with E-state index in [0.29, 0.717) is 38.1 Å². The average molecular weight is 374 g/mol. The van der Waals surface area contributed by atoms with Gasteiger partial charge in [-0.3, -0.25) is 14.5 Å². The Morgan fingerprint density at radius 3 is 2.63 bits per heavy atom. The maximum atomic E-state index is 12.6. The van der Waals surface area contributed by atoms with E-state index in [0.717, 1.165) is 0 Å². The Kier molecular flexibility index (Phi) is 5.62. The van der Waals surface area contributed by atoms with E-state index in [1.807, 2.05) is 13.8 Å². The zero-order valence-corrected chi connectivity index (χ0v) is 15.8. The number of rotatable bonds is 6. The highest BCUT2D eigenvalue weighted by Gasteiger charge is 2.41. The van der Waals surface area contributed by atoms with Crippen molar-refractivity contribution < 1.29 is 19.1 Å². The standard InChI is InChI=1S/C19H26N4O4/c1-12(2)10-22-11-16(24)23(19(22)26)13-5-7-14(8-6-13)27-18-15(17(20)25)4-3-9-21-18/h3-4,9,12-14H,5-8,10-11H2,1-2H3,(H2,20,25). The van der Waals surface area contributed by atoms with Crippen molar-refractivity contribution in [3.05, 3.63) is 23.9 Å². The molecule has 0 spiro atoms. The third kappa shape index (κ3) is 4.20. The molecule has 0 atom stereocenters. The Hall–Kier alpha value is -2.64. The highest BCUT2D eigenvalue weighted by Crippen LogP contribution is 2.29. The molecule has 1 saturated heterocycles. The van der Waals surface area contributed by atoms with Gasteiger partial charge in [0.2, 0.25) is 5.88 Å². The summed E-state index contributed by atoms with van der Waals surface area (Å²) in [6, 6.07) is 2.94. The lowest BCUT2D eigenvalue weighted by Crippen LogP contribution is -2.44. The molecule has 3 rings (SSSR count). The van der Waals surface area contributed by atoms with E-state index in [4.69, 9.17) is 10.5 Å². The Morgan fingerprint density at radius 1 is 1.30 bits per heavy atom. The molecule has 0 radical (unpaired) electrons. The number of amides is 4. The van der Waals surface area contributed by atoms with Gasteiger partial charge in [0.1, 0.15) is 18.2 Å². The molecule has 2 aliphatic rings. The molecular weight excluding hydrogens is 348 g/mol. The van der Waals surface area contributed by atoms with Crippen molar-refractivity contribution in [1.82, 2.24) is 14.8 Å². The van der Waals surface area contributed by atoms with E-state index < -0.39 is 5.91 Å². The van der Waals surface area contributed by atoms with Crippen LogP contribution >= 0.6 is 0 Å². The van der Waals surface area contributed by atoms with Gasteiger partial charge in [-0.2, -0.15) is 0 Å². The van der Waals surface area contributed by atoms with Gasteiger partial charge in [0.05, 0.1) is 0 Å². The molecule has 2 fully saturated rings. The summed E-state index contributed by atoms with van der Waals surface area (Å²) in [7, 11) is 0. The van der Waals surface area contributed by atoms with Crippen LogP contribution in [0.2, 0.25) is 0 Å². The van der Waals surface area contributed by atoms with Crippen molar-refractivity contribution in [1.29, 1.82) is 0 Å². The number of ether oxygens (including phenoxy) is 1. The van der Waals surface area contributed by atoms with Crippen LogP contribution in [-0.4, -0.2) is 57.9 Å². The smallest absolute Gasteiger partial charge is 0.327 e. The summed E-state index contributed by atoms with van der Waals surface area (Å²) in [6.07, 6.45) is 4.15. The van der Waals surface area contributed by atoms with Gasteiger partial charge in [-0.05, 0) is 43.7 Å². The largest absolute Gasteiger partial charge is 0.474 e. The molecule has 0 unspecified atom stereocenters. The Morgan fingerprint density at radius 2 is 2.00 bits per heavy atom. The molecule has 1 aromatic heterocycles. The molecule has 2 N–H and O–H groups in total. The fraction of sp³-hybridized carbons (Fsp3) is 0.579. The van der Waals surface area contributed by atoms with Crippen LogP contribution in [0.5, 0.6) is 5.88 Å². The second-order valence-electron chi connectivity index (χ2n) is 7.59. The first kappa shape index (κ1) is 19.1. The van der Waals surface area contributed by atoms with Gasteiger partial charge in [-0.25, -0.2) is 9.78 Å². The first-order chi connectivity index (χ1) is 12.9. The SMILES string of the molecule is CC(C)CN1CC(=O)N(C2CCC(Oc3ncccc3C(N)=O)CC2)C1=O. The Bertz CT molecular complexity index is 728. The van der Waals surface area contributed by atoms with Crippen molar-refractivity contribution in [3.8, 4) is 5.88 Å². The van der Waals surface area contributed by atoms with Gasteiger partial charge < -0.3 is 15.4 Å². The van der Waals surface area contributed by atoms with Crippen LogP contribution in [0.3, 0.4) is 0 Å². The minimum absolute atomic E-state index is 0.0960. The summed E-state index contributed by atoms with van der Waals surface area (Å²) in [5.41, 5.74) is 5.62. The summed E-state index contributed by atoms with van der Waals surface area (Å²) >= 11 is 0. The fourth-order valence-corrected chi connectivity index (χ4v) is 3.76. The predicted octanol–water partition coefficient (Wildman–Crippen LogP) is 1.79. The highest BCUT2D eigenvalue weighted by molar-refractivity contribution is 6.02. The topological polar surface area (TPSA) is 106 Å². The summed E-state index contributed by atoms with van der Waals surface area (Å²) in [5, 5.41) is 0. The van der Waals surface area contributed by atoms with Crippen molar-refractivity contribution in [2.45, 2.75) is 51.7 Å². The van der Waals surface area contributed by atoms with E-state index in [2.05, 4.69) is 4.98 Å². The van der Waals surface area contributed by atoms with E-state index in [1.165, 1.54) is 4.90 Å². The van der Waals surface area contributed by atoms with Crippen LogP contribution in [0.4, 0.5) is 4.79 Å². The molecule has 1 aliphatic heterocycles. The minimum atomic E-state index is -0.578. The predicted molar refractivity (Wildman–Crippen MR) is 98.1 cm³/mol. The van der Waals surface area contributed by atoms with E-state index >= 15 is 0 Å². The van der Waals surface area contributed by atoms with Crippen LogP contribution in [-0.2, 0) is 4.79 Å². The van der Waals surface area contributed by atoms with Crippen molar-refractivity contribution in [2.75, 3.05) is 13.1 Å². The number of imide groups is 1. The second kappa shape index (κ2) is 7.94. The highest BCUT2D eigenvalue weighted by atomic mass is 16.5. The molecule has 8 nitrogen and oxygen atoms in total. The molecule has 1 aliphatic carbocycles. The summed E-state index contributed by atoms with van der Waals surface area (Å²) in [4.78, 5) is 43.6. The van der Waals surface area contributed by atoms with Gasteiger partial charge in [0, 0.05) is 18.8 Å². The summed E-state index contributed by atoms with van der Waals surface area (Å²) in [6.45, 7) is 4.82. The number of nitrogens with zero attached hydrogens (tertiary/aromatic N) is 3. The third-order valence-corrected chi connectivity index (χ3v) is 4.98. The van der Waals surface area contributed by atoms with Gasteiger partial charge in [0.15, 0.2) is 0 Å². The number of urea groups is 1. The maximum Gasteiger partial charge on any atom is 0.327 e. The molecule has 1 saturated carbocycles. The quantitative estimate of drug-likeness (QED) is 0.764. The number of aromatic nitrogens is 1. The first-order valence-corrected chi connectivity index (χ1v) is 9.39. The van der Waals surface area contributed by atoms with E-state index in [1.54, 1.807) is 23.2 Å². The van der Waals surface area contributed by atoms with Gasteiger partial charge in [0.25, 0.3) is 11.8 Å². The molecular formula is C19H26N4O4. The Balaban J connectivity index is 1.59. The number of carbonyl (C=O) groups excluding carboxylic acids is 3. The van der Waals surface area contributed by atoms with Crippen LogP contribution in [0.15, 0.2) is 18.3 Å². The van der Waals surface area contributed by atoms with Crippen molar-refractivity contribution in [2.24, 2.45) is 11.7 Å². The molecule has 27 heavy (non-hydrogen) atoms. The molecule has 2 heterocycles. The summed E-state index contributed by atoms with van der Waals surface area (Å²) < 4.78 is 5.88. The van der Waals surface area contributed by atoms with Gasteiger partial charge in [-0.1, -0.05) is 13.8 Å². The lowest BCUT2D eigenvalue weighted by atomic mass is 9.92. The monoisotopic (exact) mass is 374 g/mol. The number of nitrogens with two attached hydrogens (primary N) is 1. The van der Waals surface area contributed by atoms with Crippen LogP contribution in [0.25, 0.3) is 0 Å². The molecule has 0 bridgehead atoms. The zero-order valence-electron chi connectivity index (χ0n) is 15.8. The van der Waals surface area contributed by atoms with E-state index in [-0.39, 0.29) is 42.1 Å². The number of carbonyl (C=O) groups is 3. The number of hydrogen-bond donors (Lipinski definition) is 1. The fourth-order valence-electron chi connectivity index (χ4n) is 3.76. The van der Waals surface area contributed by atoms with Gasteiger partial charge in [-0.15, -0.1) is 0 Å². The minimum Gasteiger partial charge on any atom is -0.474 e. The molecule has 1 aromatic rings. The third-order valence-electron chi connectivity index (χ3n) is 4.98. The van der Waals surface area contributed by atoms with E-state index in [9.17, 15) is 14.4 Å². The first-order valence-electron chi connectivity index (χ1n) is 9.39. The van der Waals surface area contributed by atoms with Crippen LogP contribution in [0, 0.1) is 5.92 Å². The zero-order chi connectivity index (χ0) is 19.6. The lowest BCUT2D eigenvalue weighted by Gasteiger charge is -2.33. The summed E-state index contributed by atoms with van der Waals surface area (Å²) in [5.74, 6) is -0.135. The normalized spacial score (nSPS) is 23.2. The number of hydrogen-bond acceptors (Lipinski definition) is 5. The Labute approximate surface area is 158 Å².